The second-order valence-electron chi connectivity index (χ2n) is 6.52. The Bertz CT molecular complexity index is 1140. The summed E-state index contributed by atoms with van der Waals surface area (Å²) in [5.74, 6) is 1.28. The van der Waals surface area contributed by atoms with Gasteiger partial charge in [0.2, 0.25) is 5.91 Å². The number of thioether (sulfide) groups is 1. The average molecular weight is 455 g/mol. The molecule has 1 aromatic heterocycles. The first-order valence-electron chi connectivity index (χ1n) is 9.28. The monoisotopic (exact) mass is 454 g/mol. The lowest BCUT2D eigenvalue weighted by molar-refractivity contribution is -0.113. The lowest BCUT2D eigenvalue weighted by Crippen LogP contribution is -2.13. The zero-order valence-corrected chi connectivity index (χ0v) is 18.6. The smallest absolute Gasteiger partial charge is 0.239 e. The van der Waals surface area contributed by atoms with Crippen molar-refractivity contribution in [3.8, 4) is 16.3 Å². The van der Waals surface area contributed by atoms with Gasteiger partial charge in [-0.05, 0) is 48.0 Å². The molecule has 0 saturated heterocycles. The number of anilines is 1. The van der Waals surface area contributed by atoms with Crippen LogP contribution in [0.2, 0.25) is 0 Å². The van der Waals surface area contributed by atoms with Gasteiger partial charge in [-0.25, -0.2) is 4.98 Å². The van der Waals surface area contributed by atoms with E-state index < -0.39 is 0 Å². The Kier molecular flexibility index (Phi) is 6.57. The topological polar surface area (TPSA) is 51.2 Å². The molecule has 0 aliphatic carbocycles. The molecule has 4 nitrogen and oxygen atoms in total. The normalized spacial score (nSPS) is 10.9. The Morgan fingerprint density at radius 1 is 1.13 bits per heavy atom. The van der Waals surface area contributed by atoms with Crippen molar-refractivity contribution in [1.82, 2.24) is 4.98 Å². The first kappa shape index (κ1) is 20.7. The Morgan fingerprint density at radius 3 is 2.67 bits per heavy atom. The third-order valence-corrected chi connectivity index (χ3v) is 6.93. The minimum absolute atomic E-state index is 0.0811. The van der Waals surface area contributed by atoms with Crippen LogP contribution in [0.5, 0.6) is 5.75 Å². The summed E-state index contributed by atoms with van der Waals surface area (Å²) in [6.45, 7) is 0. The third-order valence-electron chi connectivity index (χ3n) is 4.47. The van der Waals surface area contributed by atoms with Gasteiger partial charge in [-0.3, -0.25) is 4.79 Å². The molecule has 4 rings (SSSR count). The lowest BCUT2D eigenvalue weighted by atomic mass is 10.2. The summed E-state index contributed by atoms with van der Waals surface area (Å²) in [5.41, 5.74) is 3.94. The average Bonchev–Trinajstić information content (AvgIpc) is 3.23. The first-order valence-corrected chi connectivity index (χ1v) is 11.6. The molecule has 0 atom stereocenters. The molecule has 0 saturated carbocycles. The fourth-order valence-electron chi connectivity index (χ4n) is 2.94. The van der Waals surface area contributed by atoms with Crippen molar-refractivity contribution in [1.29, 1.82) is 0 Å². The number of halogens is 1. The number of hydrogen-bond acceptors (Lipinski definition) is 5. The predicted molar refractivity (Wildman–Crippen MR) is 127 cm³/mol. The zero-order chi connectivity index (χ0) is 20.9. The molecule has 0 fully saturated rings. The minimum Gasteiger partial charge on any atom is -0.497 e. The Balaban J connectivity index is 1.63. The summed E-state index contributed by atoms with van der Waals surface area (Å²) in [6.07, 6.45) is 0. The molecule has 152 valence electrons. The second-order valence-corrected chi connectivity index (χ2v) is 8.83. The van der Waals surface area contributed by atoms with E-state index in [1.54, 1.807) is 30.2 Å². The van der Waals surface area contributed by atoms with Gasteiger partial charge < -0.3 is 10.1 Å². The molecule has 30 heavy (non-hydrogen) atoms. The molecule has 1 amide bonds. The number of nitrogens with one attached hydrogen (secondary N) is 1. The molecule has 3 aromatic carbocycles. The lowest BCUT2D eigenvalue weighted by Gasteiger charge is -2.12. The number of ether oxygens (including phenoxy) is 1. The number of nitrogens with zero attached hydrogens (tertiary/aromatic N) is 1. The number of carbonyl (C=O) groups is 1. The van der Waals surface area contributed by atoms with Gasteiger partial charge in [0.15, 0.2) is 0 Å². The fourth-order valence-corrected chi connectivity index (χ4v) is 4.97. The number of benzene rings is 3. The summed E-state index contributed by atoms with van der Waals surface area (Å²) >= 11 is 9.01. The molecular formula is C23H19ClN2O2S2. The Hall–Kier alpha value is -2.54. The van der Waals surface area contributed by atoms with Crippen LogP contribution < -0.4 is 10.1 Å². The van der Waals surface area contributed by atoms with E-state index in [2.05, 4.69) is 17.4 Å². The number of rotatable bonds is 7. The van der Waals surface area contributed by atoms with E-state index in [1.807, 2.05) is 54.6 Å². The van der Waals surface area contributed by atoms with Crippen LogP contribution in [-0.4, -0.2) is 23.9 Å². The van der Waals surface area contributed by atoms with Crippen LogP contribution in [0.15, 0.2) is 71.6 Å². The number of aromatic nitrogens is 1. The number of hydrogen-bond donors (Lipinski definition) is 1. The standard InChI is InChI=1S/C23H19ClN2O2S2/c1-28-17-9-6-15(7-10-17)14-29-21-12-16(8-11-19(21)25-22(27)13-24)23-26-18-4-2-3-5-20(18)30-23/h2-12H,13-14H2,1H3,(H,25,27). The van der Waals surface area contributed by atoms with Crippen LogP contribution in [0.25, 0.3) is 20.8 Å². The minimum atomic E-state index is -0.226. The molecule has 0 unspecified atom stereocenters. The number of methoxy groups -OCH3 is 1. The van der Waals surface area contributed by atoms with Gasteiger partial charge in [-0.15, -0.1) is 34.7 Å². The predicted octanol–water partition coefficient (Wildman–Crippen LogP) is 6.44. The molecule has 7 heteroatoms. The number of carbonyl (C=O) groups excluding carboxylic acids is 1. The Morgan fingerprint density at radius 2 is 1.93 bits per heavy atom. The highest BCUT2D eigenvalue weighted by molar-refractivity contribution is 7.98. The summed E-state index contributed by atoms with van der Waals surface area (Å²) in [6, 6.07) is 22.1. The molecule has 0 bridgehead atoms. The van der Waals surface area contributed by atoms with Crippen LogP contribution in [-0.2, 0) is 10.5 Å². The van der Waals surface area contributed by atoms with Crippen molar-refractivity contribution in [2.45, 2.75) is 10.6 Å². The van der Waals surface area contributed by atoms with Crippen molar-refractivity contribution in [3.63, 3.8) is 0 Å². The summed E-state index contributed by atoms with van der Waals surface area (Å²) in [5, 5.41) is 3.85. The van der Waals surface area contributed by atoms with E-state index in [-0.39, 0.29) is 11.8 Å². The van der Waals surface area contributed by atoms with Crippen LogP contribution in [0.1, 0.15) is 5.56 Å². The van der Waals surface area contributed by atoms with E-state index in [4.69, 9.17) is 21.3 Å². The number of alkyl halides is 1. The highest BCUT2D eigenvalue weighted by atomic mass is 35.5. The summed E-state index contributed by atoms with van der Waals surface area (Å²) < 4.78 is 6.38. The van der Waals surface area contributed by atoms with Crippen molar-refractivity contribution < 1.29 is 9.53 Å². The van der Waals surface area contributed by atoms with Gasteiger partial charge in [0.1, 0.15) is 16.6 Å². The molecule has 0 spiro atoms. The van der Waals surface area contributed by atoms with Gasteiger partial charge in [-0.2, -0.15) is 0 Å². The molecule has 0 aliphatic rings. The van der Waals surface area contributed by atoms with Gasteiger partial charge in [0, 0.05) is 16.2 Å². The number of thiazole rings is 1. The highest BCUT2D eigenvalue weighted by Crippen LogP contribution is 2.37. The van der Waals surface area contributed by atoms with Crippen LogP contribution in [0.3, 0.4) is 0 Å². The van der Waals surface area contributed by atoms with E-state index in [0.29, 0.717) is 0 Å². The van der Waals surface area contributed by atoms with Gasteiger partial charge in [0.05, 0.1) is 23.0 Å². The number of fused-ring (bicyclic) bond motifs is 1. The summed E-state index contributed by atoms with van der Waals surface area (Å²) in [4.78, 5) is 17.6. The van der Waals surface area contributed by atoms with Crippen LogP contribution in [0.4, 0.5) is 5.69 Å². The van der Waals surface area contributed by atoms with Gasteiger partial charge in [0.25, 0.3) is 0 Å². The van der Waals surface area contributed by atoms with Crippen molar-refractivity contribution in [2.24, 2.45) is 0 Å². The molecule has 0 aliphatic heterocycles. The highest BCUT2D eigenvalue weighted by Gasteiger charge is 2.12. The largest absolute Gasteiger partial charge is 0.497 e. The van der Waals surface area contributed by atoms with E-state index in [0.717, 1.165) is 42.9 Å². The quantitative estimate of drug-likeness (QED) is 0.258. The fraction of sp³-hybridized carbons (Fsp3) is 0.130. The number of para-hydroxylation sites is 1. The second kappa shape index (κ2) is 9.51. The third kappa shape index (κ3) is 4.78. The maximum atomic E-state index is 11.9. The van der Waals surface area contributed by atoms with Gasteiger partial charge in [-0.1, -0.05) is 24.3 Å². The molecule has 4 aromatic rings. The molecular weight excluding hydrogens is 436 g/mol. The van der Waals surface area contributed by atoms with Crippen molar-refractivity contribution in [2.75, 3.05) is 18.3 Å². The van der Waals surface area contributed by atoms with E-state index in [1.165, 1.54) is 5.56 Å². The maximum absolute atomic E-state index is 11.9. The SMILES string of the molecule is COc1ccc(CSc2cc(-c3nc4ccccc4s3)ccc2NC(=O)CCl)cc1. The van der Waals surface area contributed by atoms with Crippen LogP contribution >= 0.6 is 34.7 Å². The Labute approximate surface area is 188 Å². The van der Waals surface area contributed by atoms with Crippen LogP contribution in [0, 0.1) is 0 Å². The summed E-state index contributed by atoms with van der Waals surface area (Å²) in [7, 11) is 1.66. The van der Waals surface area contributed by atoms with E-state index >= 15 is 0 Å². The zero-order valence-electron chi connectivity index (χ0n) is 16.2. The molecule has 0 radical (unpaired) electrons. The molecule has 1 heterocycles. The number of amides is 1. The van der Waals surface area contributed by atoms with Gasteiger partial charge >= 0.3 is 0 Å². The molecule has 1 N–H and O–H groups in total. The maximum Gasteiger partial charge on any atom is 0.239 e. The first-order chi connectivity index (χ1) is 14.7. The van der Waals surface area contributed by atoms with Crippen molar-refractivity contribution in [3.05, 3.63) is 72.3 Å². The van der Waals surface area contributed by atoms with E-state index in [9.17, 15) is 4.79 Å². The van der Waals surface area contributed by atoms with Crippen molar-refractivity contribution >= 4 is 56.5 Å².